The highest BCUT2D eigenvalue weighted by Gasteiger charge is 1.88. The standard InChI is InChI=1S/C12H23Br/c1-2-3-4-5-6-7-8-9-10-11-12-13/h10-11H,2-9,12H2,1H3/b11-10-. The summed E-state index contributed by atoms with van der Waals surface area (Å²) in [6, 6.07) is 0. The summed E-state index contributed by atoms with van der Waals surface area (Å²) in [6.07, 6.45) is 15.6. The Labute approximate surface area is 91.9 Å². The first-order chi connectivity index (χ1) is 6.41. The van der Waals surface area contributed by atoms with Crippen molar-refractivity contribution in [2.75, 3.05) is 5.33 Å². The number of rotatable bonds is 9. The molecule has 0 saturated carbocycles. The highest BCUT2D eigenvalue weighted by molar-refractivity contribution is 9.09. The molecule has 0 heterocycles. The van der Waals surface area contributed by atoms with Gasteiger partial charge in [0.2, 0.25) is 0 Å². The van der Waals surface area contributed by atoms with Crippen molar-refractivity contribution in [3.05, 3.63) is 12.2 Å². The maximum absolute atomic E-state index is 3.37. The van der Waals surface area contributed by atoms with Gasteiger partial charge in [-0.25, -0.2) is 0 Å². The molecule has 0 amide bonds. The smallest absolute Gasteiger partial charge is 0.0212 e. The van der Waals surface area contributed by atoms with Crippen molar-refractivity contribution in [1.82, 2.24) is 0 Å². The molecule has 0 unspecified atom stereocenters. The number of allylic oxidation sites excluding steroid dienone is 2. The van der Waals surface area contributed by atoms with E-state index in [-0.39, 0.29) is 0 Å². The van der Waals surface area contributed by atoms with Gasteiger partial charge in [0.1, 0.15) is 0 Å². The molecule has 0 fully saturated rings. The van der Waals surface area contributed by atoms with Crippen molar-refractivity contribution in [2.24, 2.45) is 0 Å². The Bertz CT molecular complexity index is 108. The minimum atomic E-state index is 1.00. The summed E-state index contributed by atoms with van der Waals surface area (Å²) in [7, 11) is 0. The van der Waals surface area contributed by atoms with E-state index >= 15 is 0 Å². The van der Waals surface area contributed by atoms with E-state index in [1.807, 2.05) is 0 Å². The third-order valence-electron chi connectivity index (χ3n) is 2.23. The van der Waals surface area contributed by atoms with E-state index in [1.54, 1.807) is 0 Å². The van der Waals surface area contributed by atoms with Gasteiger partial charge in [-0.3, -0.25) is 0 Å². The Morgan fingerprint density at radius 3 is 2.08 bits per heavy atom. The number of hydrogen-bond acceptors (Lipinski definition) is 0. The third-order valence-corrected chi connectivity index (χ3v) is 2.60. The fraction of sp³-hybridized carbons (Fsp3) is 0.833. The van der Waals surface area contributed by atoms with Crippen LogP contribution in [-0.2, 0) is 0 Å². The molecule has 1 heteroatoms. The fourth-order valence-electron chi connectivity index (χ4n) is 1.40. The lowest BCUT2D eigenvalue weighted by Crippen LogP contribution is -1.78. The molecule has 0 spiro atoms. The van der Waals surface area contributed by atoms with Crippen molar-refractivity contribution in [2.45, 2.75) is 58.3 Å². The largest absolute Gasteiger partial charge is 0.0883 e. The fourth-order valence-corrected chi connectivity index (χ4v) is 1.66. The average molecular weight is 247 g/mol. The second-order valence-electron chi connectivity index (χ2n) is 3.54. The summed E-state index contributed by atoms with van der Waals surface area (Å²) in [5, 5.41) is 1.00. The normalized spacial score (nSPS) is 11.2. The molecule has 0 bridgehead atoms. The predicted molar refractivity (Wildman–Crippen MR) is 65.5 cm³/mol. The quantitative estimate of drug-likeness (QED) is 0.303. The zero-order chi connectivity index (χ0) is 9.78. The van der Waals surface area contributed by atoms with Crippen molar-refractivity contribution in [1.29, 1.82) is 0 Å². The first-order valence-electron chi connectivity index (χ1n) is 5.62. The van der Waals surface area contributed by atoms with Crippen LogP contribution in [0, 0.1) is 0 Å². The summed E-state index contributed by atoms with van der Waals surface area (Å²) in [5.74, 6) is 0. The summed E-state index contributed by atoms with van der Waals surface area (Å²) < 4.78 is 0. The molecule has 0 N–H and O–H groups in total. The van der Waals surface area contributed by atoms with E-state index in [9.17, 15) is 0 Å². The molecule has 0 aliphatic carbocycles. The van der Waals surface area contributed by atoms with Gasteiger partial charge in [0.15, 0.2) is 0 Å². The van der Waals surface area contributed by atoms with Crippen LogP contribution in [0.15, 0.2) is 12.2 Å². The Kier molecular flexibility index (Phi) is 12.4. The zero-order valence-corrected chi connectivity index (χ0v) is 10.5. The van der Waals surface area contributed by atoms with Gasteiger partial charge in [-0.1, -0.05) is 73.5 Å². The van der Waals surface area contributed by atoms with E-state index in [1.165, 1.54) is 51.4 Å². The Hall–Kier alpha value is 0.220. The lowest BCUT2D eigenvalue weighted by Gasteiger charge is -1.98. The van der Waals surface area contributed by atoms with Crippen molar-refractivity contribution in [3.8, 4) is 0 Å². The molecule has 13 heavy (non-hydrogen) atoms. The Balaban J connectivity index is 2.87. The molecule has 0 aromatic rings. The molecule has 0 atom stereocenters. The van der Waals surface area contributed by atoms with Crippen molar-refractivity contribution in [3.63, 3.8) is 0 Å². The minimum Gasteiger partial charge on any atom is -0.0883 e. The van der Waals surface area contributed by atoms with Crippen LogP contribution in [0.4, 0.5) is 0 Å². The number of halogens is 1. The summed E-state index contributed by atoms with van der Waals surface area (Å²) in [5.41, 5.74) is 0. The van der Waals surface area contributed by atoms with Gasteiger partial charge in [0, 0.05) is 5.33 Å². The Morgan fingerprint density at radius 1 is 0.846 bits per heavy atom. The minimum absolute atomic E-state index is 1.00. The van der Waals surface area contributed by atoms with E-state index in [2.05, 4.69) is 35.0 Å². The number of alkyl halides is 1. The second-order valence-corrected chi connectivity index (χ2v) is 4.18. The van der Waals surface area contributed by atoms with Crippen molar-refractivity contribution >= 4 is 15.9 Å². The lowest BCUT2D eigenvalue weighted by atomic mass is 10.1. The van der Waals surface area contributed by atoms with E-state index in [0.29, 0.717) is 0 Å². The van der Waals surface area contributed by atoms with Gasteiger partial charge in [-0.05, 0) is 12.8 Å². The monoisotopic (exact) mass is 246 g/mol. The van der Waals surface area contributed by atoms with Crippen LogP contribution >= 0.6 is 15.9 Å². The molecule has 0 aliphatic rings. The van der Waals surface area contributed by atoms with Crippen LogP contribution in [0.25, 0.3) is 0 Å². The highest BCUT2D eigenvalue weighted by atomic mass is 79.9. The molecule has 0 radical (unpaired) electrons. The molecule has 0 nitrogen and oxygen atoms in total. The highest BCUT2D eigenvalue weighted by Crippen LogP contribution is 2.08. The second kappa shape index (κ2) is 12.2. The van der Waals surface area contributed by atoms with E-state index in [4.69, 9.17) is 0 Å². The van der Waals surface area contributed by atoms with Gasteiger partial charge < -0.3 is 0 Å². The zero-order valence-electron chi connectivity index (χ0n) is 8.90. The lowest BCUT2D eigenvalue weighted by molar-refractivity contribution is 0.592. The van der Waals surface area contributed by atoms with Crippen LogP contribution in [-0.4, -0.2) is 5.33 Å². The summed E-state index contributed by atoms with van der Waals surface area (Å²) in [4.78, 5) is 0. The molecular formula is C12H23Br. The maximum Gasteiger partial charge on any atom is 0.0212 e. The van der Waals surface area contributed by atoms with E-state index < -0.39 is 0 Å². The molecule has 0 saturated heterocycles. The van der Waals surface area contributed by atoms with E-state index in [0.717, 1.165) is 5.33 Å². The topological polar surface area (TPSA) is 0 Å². The summed E-state index contributed by atoms with van der Waals surface area (Å²) >= 11 is 3.37. The van der Waals surface area contributed by atoms with Crippen molar-refractivity contribution < 1.29 is 0 Å². The van der Waals surface area contributed by atoms with Gasteiger partial charge >= 0.3 is 0 Å². The molecule has 0 aromatic heterocycles. The van der Waals surface area contributed by atoms with Crippen LogP contribution in [0.1, 0.15) is 58.3 Å². The molecule has 0 rings (SSSR count). The van der Waals surface area contributed by atoms with Crippen LogP contribution in [0.3, 0.4) is 0 Å². The number of unbranched alkanes of at least 4 members (excludes halogenated alkanes) is 7. The van der Waals surface area contributed by atoms with Gasteiger partial charge in [-0.15, -0.1) is 0 Å². The Morgan fingerprint density at radius 2 is 1.46 bits per heavy atom. The molecule has 78 valence electrons. The van der Waals surface area contributed by atoms with Gasteiger partial charge in [0.05, 0.1) is 0 Å². The maximum atomic E-state index is 3.37. The first kappa shape index (κ1) is 13.2. The van der Waals surface area contributed by atoms with Gasteiger partial charge in [0.25, 0.3) is 0 Å². The molecule has 0 aliphatic heterocycles. The SMILES string of the molecule is CCCCCCCCC/C=C\CBr. The van der Waals surface area contributed by atoms with Crippen LogP contribution in [0.2, 0.25) is 0 Å². The molecule has 0 aromatic carbocycles. The first-order valence-corrected chi connectivity index (χ1v) is 6.75. The van der Waals surface area contributed by atoms with Crippen LogP contribution in [0.5, 0.6) is 0 Å². The molecular weight excluding hydrogens is 224 g/mol. The van der Waals surface area contributed by atoms with Gasteiger partial charge in [-0.2, -0.15) is 0 Å². The summed E-state index contributed by atoms with van der Waals surface area (Å²) in [6.45, 7) is 2.27. The third kappa shape index (κ3) is 12.2. The average Bonchev–Trinajstić information content (AvgIpc) is 2.16. The predicted octanol–water partition coefficient (Wildman–Crippen LogP) is 5.08. The van der Waals surface area contributed by atoms with Crippen LogP contribution < -0.4 is 0 Å². The number of hydrogen-bond donors (Lipinski definition) is 0.